The fourth-order valence-electron chi connectivity index (χ4n) is 4.09. The summed E-state index contributed by atoms with van der Waals surface area (Å²) in [5, 5.41) is 0. The predicted octanol–water partition coefficient (Wildman–Crippen LogP) is 1.43. The number of carbonyl (C=O) groups is 5. The van der Waals surface area contributed by atoms with E-state index in [1.807, 2.05) is 18.2 Å². The molecule has 1 fully saturated rings. The highest BCUT2D eigenvalue weighted by molar-refractivity contribution is 6.19. The average Bonchev–Trinajstić information content (AvgIpc) is 3.00. The van der Waals surface area contributed by atoms with Crippen molar-refractivity contribution >= 4 is 29.7 Å². The van der Waals surface area contributed by atoms with Gasteiger partial charge in [0, 0.05) is 31.9 Å². The van der Waals surface area contributed by atoms with Crippen LogP contribution in [0.4, 0.5) is 0 Å². The number of ether oxygens (including phenoxy) is 5. The van der Waals surface area contributed by atoms with Crippen LogP contribution in [0.3, 0.4) is 0 Å². The van der Waals surface area contributed by atoms with E-state index in [0.717, 1.165) is 24.3 Å². The molecule has 2 aliphatic heterocycles. The smallest absolute Gasteiger partial charge is 0.303 e. The van der Waals surface area contributed by atoms with Crippen molar-refractivity contribution in [3.05, 3.63) is 47.0 Å². The van der Waals surface area contributed by atoms with E-state index >= 15 is 0 Å². The minimum atomic E-state index is -1.37. The number of amides is 2. The second-order valence-corrected chi connectivity index (χ2v) is 8.51. The van der Waals surface area contributed by atoms with Gasteiger partial charge in [-0.1, -0.05) is 30.3 Å². The van der Waals surface area contributed by atoms with E-state index in [4.69, 9.17) is 23.7 Å². The number of benzene rings is 1. The molecule has 2 amide bonds. The molecule has 0 aromatic heterocycles. The van der Waals surface area contributed by atoms with Gasteiger partial charge in [-0.15, -0.1) is 0 Å². The first kappa shape index (κ1) is 27.0. The highest BCUT2D eigenvalue weighted by Gasteiger charge is 2.57. The van der Waals surface area contributed by atoms with Crippen LogP contribution in [0.2, 0.25) is 0 Å². The molecule has 0 unspecified atom stereocenters. The third kappa shape index (κ3) is 5.97. The summed E-state index contributed by atoms with van der Waals surface area (Å²) < 4.78 is 28.1. The minimum Gasteiger partial charge on any atom is -0.463 e. The number of hydrogen-bond acceptors (Lipinski definition) is 10. The molecule has 0 spiro atoms. The van der Waals surface area contributed by atoms with Crippen molar-refractivity contribution in [2.75, 3.05) is 6.61 Å². The summed E-state index contributed by atoms with van der Waals surface area (Å²) in [5.41, 5.74) is 1.20. The summed E-state index contributed by atoms with van der Waals surface area (Å²) in [6.45, 7) is 6.15. The van der Waals surface area contributed by atoms with Crippen LogP contribution in [0.5, 0.6) is 0 Å². The quantitative estimate of drug-likeness (QED) is 0.291. The van der Waals surface area contributed by atoms with Gasteiger partial charge in [0.05, 0.1) is 6.61 Å². The van der Waals surface area contributed by atoms with E-state index in [-0.39, 0.29) is 24.4 Å². The Hall–Kier alpha value is -3.57. The summed E-state index contributed by atoms with van der Waals surface area (Å²) in [5.74, 6) is -3.33. The zero-order valence-electron chi connectivity index (χ0n) is 20.7. The van der Waals surface area contributed by atoms with Gasteiger partial charge in [0.15, 0.2) is 18.5 Å². The van der Waals surface area contributed by atoms with Gasteiger partial charge < -0.3 is 23.7 Å². The molecule has 2 heterocycles. The molecule has 1 aromatic carbocycles. The lowest BCUT2D eigenvalue weighted by molar-refractivity contribution is -0.291. The summed E-state index contributed by atoms with van der Waals surface area (Å²) in [7, 11) is 0. The molecule has 1 saturated heterocycles. The van der Waals surface area contributed by atoms with Gasteiger partial charge in [0.1, 0.15) is 18.8 Å². The molecule has 0 saturated carbocycles. The van der Waals surface area contributed by atoms with Gasteiger partial charge in [0.2, 0.25) is 0 Å². The van der Waals surface area contributed by atoms with Crippen molar-refractivity contribution in [1.29, 1.82) is 0 Å². The van der Waals surface area contributed by atoms with Crippen LogP contribution in [0, 0.1) is 0 Å². The first-order chi connectivity index (χ1) is 17.0. The van der Waals surface area contributed by atoms with Gasteiger partial charge in [-0.25, -0.2) is 0 Å². The Morgan fingerprint density at radius 1 is 0.861 bits per heavy atom. The topological polar surface area (TPSA) is 135 Å². The van der Waals surface area contributed by atoms with Crippen LogP contribution in [-0.2, 0) is 54.3 Å². The summed E-state index contributed by atoms with van der Waals surface area (Å²) in [4.78, 5) is 62.7. The Morgan fingerprint density at radius 3 is 1.94 bits per heavy atom. The zero-order valence-corrected chi connectivity index (χ0v) is 20.7. The van der Waals surface area contributed by atoms with Gasteiger partial charge in [-0.3, -0.25) is 28.9 Å². The lowest BCUT2D eigenvalue weighted by atomic mass is 9.94. The van der Waals surface area contributed by atoms with Crippen LogP contribution in [-0.4, -0.2) is 71.9 Å². The van der Waals surface area contributed by atoms with Gasteiger partial charge in [0.25, 0.3) is 11.8 Å². The normalized spacial score (nSPS) is 26.1. The molecule has 194 valence electrons. The molecule has 3 rings (SSSR count). The summed E-state index contributed by atoms with van der Waals surface area (Å²) in [6, 6.07) is 7.76. The van der Waals surface area contributed by atoms with E-state index in [2.05, 4.69) is 0 Å². The minimum absolute atomic E-state index is 0.0227. The second kappa shape index (κ2) is 11.4. The SMILES string of the molecule is CC(=O)OC[C@H]1O[C@@H](OCc2ccccc2)[C@H](N2C(=O)C(C)=C(C)C2=O)[C@@H](OC(C)=O)[C@@H]1OC(C)=O. The third-order valence-corrected chi connectivity index (χ3v) is 5.87. The van der Waals surface area contributed by atoms with Gasteiger partial charge >= 0.3 is 17.9 Å². The van der Waals surface area contributed by atoms with Crippen molar-refractivity contribution in [2.45, 2.75) is 71.9 Å². The van der Waals surface area contributed by atoms with Crippen LogP contribution in [0.1, 0.15) is 40.2 Å². The van der Waals surface area contributed by atoms with E-state index < -0.39 is 60.4 Å². The van der Waals surface area contributed by atoms with E-state index in [1.54, 1.807) is 12.1 Å². The van der Waals surface area contributed by atoms with Gasteiger partial charge in [-0.05, 0) is 19.4 Å². The highest BCUT2D eigenvalue weighted by atomic mass is 16.7. The maximum Gasteiger partial charge on any atom is 0.303 e. The largest absolute Gasteiger partial charge is 0.463 e. The third-order valence-electron chi connectivity index (χ3n) is 5.87. The van der Waals surface area contributed by atoms with E-state index in [0.29, 0.717) is 0 Å². The van der Waals surface area contributed by atoms with Crippen molar-refractivity contribution in [3.63, 3.8) is 0 Å². The zero-order chi connectivity index (χ0) is 26.6. The first-order valence-electron chi connectivity index (χ1n) is 11.4. The molecule has 11 nitrogen and oxygen atoms in total. The number of imide groups is 1. The van der Waals surface area contributed by atoms with Crippen LogP contribution < -0.4 is 0 Å². The Bertz CT molecular complexity index is 1040. The Labute approximate surface area is 208 Å². The molecule has 11 heteroatoms. The van der Waals surface area contributed by atoms with Crippen LogP contribution in [0.15, 0.2) is 41.5 Å². The Morgan fingerprint density at radius 2 is 1.42 bits per heavy atom. The van der Waals surface area contributed by atoms with E-state index in [1.165, 1.54) is 20.8 Å². The number of carbonyl (C=O) groups excluding carboxylic acids is 5. The highest BCUT2D eigenvalue weighted by Crippen LogP contribution is 2.35. The predicted molar refractivity (Wildman–Crippen MR) is 122 cm³/mol. The summed E-state index contributed by atoms with van der Waals surface area (Å²) in [6.07, 6.45) is -5.11. The Balaban J connectivity index is 2.06. The molecular weight excluding hydrogens is 474 g/mol. The molecule has 5 atom stereocenters. The molecule has 0 radical (unpaired) electrons. The number of nitrogens with zero attached hydrogens (tertiary/aromatic N) is 1. The number of esters is 3. The van der Waals surface area contributed by atoms with Crippen molar-refractivity contribution in [2.24, 2.45) is 0 Å². The number of rotatable bonds is 8. The molecule has 1 aromatic rings. The Kier molecular flexibility index (Phi) is 8.59. The van der Waals surface area contributed by atoms with E-state index in [9.17, 15) is 24.0 Å². The summed E-state index contributed by atoms with van der Waals surface area (Å²) >= 11 is 0. The average molecular weight is 504 g/mol. The maximum absolute atomic E-state index is 13.1. The second-order valence-electron chi connectivity index (χ2n) is 8.51. The molecular formula is C25H29NO10. The van der Waals surface area contributed by atoms with Crippen molar-refractivity contribution in [3.8, 4) is 0 Å². The monoisotopic (exact) mass is 503 g/mol. The van der Waals surface area contributed by atoms with Gasteiger partial charge in [-0.2, -0.15) is 0 Å². The fourth-order valence-corrected chi connectivity index (χ4v) is 4.09. The lowest BCUT2D eigenvalue weighted by Crippen LogP contribution is -2.67. The van der Waals surface area contributed by atoms with Crippen LogP contribution in [0.25, 0.3) is 0 Å². The lowest BCUT2D eigenvalue weighted by Gasteiger charge is -2.47. The standard InChI is InChI=1S/C25H29NO10/c1-13-14(2)24(31)26(23(13)30)20-22(35-17(5)29)21(34-16(4)28)19(12-32-15(3)27)36-25(20)33-11-18-9-7-6-8-10-18/h6-10,19-22,25H,11-12H2,1-5H3/t19-,20-,21-,22-,25-/m1/s1. The van der Waals surface area contributed by atoms with Crippen molar-refractivity contribution < 1.29 is 47.7 Å². The maximum atomic E-state index is 13.1. The number of hydrogen-bond donors (Lipinski definition) is 0. The molecule has 2 aliphatic rings. The molecule has 0 bridgehead atoms. The molecule has 36 heavy (non-hydrogen) atoms. The molecule has 0 N–H and O–H groups in total. The van der Waals surface area contributed by atoms with Crippen LogP contribution >= 0.6 is 0 Å². The first-order valence-corrected chi connectivity index (χ1v) is 11.4. The molecule has 0 aliphatic carbocycles. The van der Waals surface area contributed by atoms with Crippen molar-refractivity contribution in [1.82, 2.24) is 4.90 Å². The fraction of sp³-hybridized carbons (Fsp3) is 0.480.